The summed E-state index contributed by atoms with van der Waals surface area (Å²) in [5.41, 5.74) is 0.865. The Morgan fingerprint density at radius 2 is 2.06 bits per heavy atom. The van der Waals surface area contributed by atoms with E-state index in [-0.39, 0.29) is 0 Å². The summed E-state index contributed by atoms with van der Waals surface area (Å²) in [6.07, 6.45) is 1.87. The van der Waals surface area contributed by atoms with Gasteiger partial charge in [0, 0.05) is 23.4 Å². The van der Waals surface area contributed by atoms with Crippen molar-refractivity contribution in [3.05, 3.63) is 35.2 Å². The first-order valence-electron chi connectivity index (χ1n) is 5.25. The number of hydrogen-bond acceptors (Lipinski definition) is 4. The van der Waals surface area contributed by atoms with E-state index >= 15 is 0 Å². The molecule has 1 aromatic heterocycles. The van der Waals surface area contributed by atoms with Crippen LogP contribution in [0.15, 0.2) is 28.8 Å². The van der Waals surface area contributed by atoms with Gasteiger partial charge in [-0.2, -0.15) is 10.2 Å². The van der Waals surface area contributed by atoms with Gasteiger partial charge in [0.05, 0.1) is 6.07 Å². The minimum absolute atomic E-state index is 0.499. The van der Waals surface area contributed by atoms with Crippen molar-refractivity contribution in [3.8, 4) is 17.5 Å². The quantitative estimate of drug-likeness (QED) is 0.778. The van der Waals surface area contributed by atoms with Crippen LogP contribution in [-0.2, 0) is 6.42 Å². The van der Waals surface area contributed by atoms with Crippen molar-refractivity contribution in [1.82, 2.24) is 10.1 Å². The number of benzene rings is 1. The molecular formula is C12H10ClN3O. The number of nitrogens with zero attached hydrogens (tertiary/aromatic N) is 3. The molecule has 0 radical (unpaired) electrons. The predicted octanol–water partition coefficient (Wildman–Crippen LogP) is 3.24. The molecule has 1 heterocycles. The highest BCUT2D eigenvalue weighted by Crippen LogP contribution is 2.18. The zero-order valence-corrected chi connectivity index (χ0v) is 9.81. The summed E-state index contributed by atoms with van der Waals surface area (Å²) in [5, 5.41) is 13.0. The standard InChI is InChI=1S/C12H10ClN3O/c13-10-6-4-9(5-7-10)12-15-11(17-16-12)3-1-2-8-14/h4-7H,1-3H2. The molecule has 0 atom stereocenters. The van der Waals surface area contributed by atoms with E-state index in [1.54, 1.807) is 12.1 Å². The number of nitriles is 1. The Hall–Kier alpha value is -1.86. The third kappa shape index (κ3) is 3.05. The van der Waals surface area contributed by atoms with Gasteiger partial charge in [0.2, 0.25) is 11.7 Å². The summed E-state index contributed by atoms with van der Waals surface area (Å²) in [7, 11) is 0. The number of unbranched alkanes of at least 4 members (excludes halogenated alkanes) is 1. The second-order valence-electron chi connectivity index (χ2n) is 3.53. The number of aryl methyl sites for hydroxylation is 1. The summed E-state index contributed by atoms with van der Waals surface area (Å²) in [5.74, 6) is 1.11. The lowest BCUT2D eigenvalue weighted by atomic mass is 10.2. The number of hydrogen-bond donors (Lipinski definition) is 0. The van der Waals surface area contributed by atoms with Crippen molar-refractivity contribution in [1.29, 1.82) is 5.26 Å². The van der Waals surface area contributed by atoms with Gasteiger partial charge in [-0.25, -0.2) is 0 Å². The van der Waals surface area contributed by atoms with Crippen molar-refractivity contribution in [3.63, 3.8) is 0 Å². The largest absolute Gasteiger partial charge is 0.339 e. The third-order valence-corrected chi connectivity index (χ3v) is 2.50. The lowest BCUT2D eigenvalue weighted by Gasteiger charge is -1.93. The van der Waals surface area contributed by atoms with Crippen molar-refractivity contribution < 1.29 is 4.52 Å². The van der Waals surface area contributed by atoms with E-state index in [1.165, 1.54) is 0 Å². The molecule has 0 unspecified atom stereocenters. The van der Waals surface area contributed by atoms with E-state index in [0.717, 1.165) is 12.0 Å². The summed E-state index contributed by atoms with van der Waals surface area (Å²) < 4.78 is 5.09. The monoisotopic (exact) mass is 247 g/mol. The number of rotatable bonds is 4. The Kier molecular flexibility index (Phi) is 3.73. The molecule has 86 valence electrons. The van der Waals surface area contributed by atoms with Crippen LogP contribution in [0.2, 0.25) is 5.02 Å². The van der Waals surface area contributed by atoms with Crippen LogP contribution < -0.4 is 0 Å². The topological polar surface area (TPSA) is 62.7 Å². The maximum Gasteiger partial charge on any atom is 0.226 e. The SMILES string of the molecule is N#CCCCc1nc(-c2ccc(Cl)cc2)no1. The van der Waals surface area contributed by atoms with Crippen LogP contribution in [0, 0.1) is 11.3 Å². The average Bonchev–Trinajstić information content (AvgIpc) is 2.79. The molecule has 0 aliphatic carbocycles. The molecule has 1 aromatic carbocycles. The van der Waals surface area contributed by atoms with Crippen molar-refractivity contribution >= 4 is 11.6 Å². The third-order valence-electron chi connectivity index (χ3n) is 2.25. The maximum atomic E-state index is 8.42. The van der Waals surface area contributed by atoms with Gasteiger partial charge in [0.1, 0.15) is 0 Å². The molecule has 2 rings (SSSR count). The van der Waals surface area contributed by atoms with Crippen molar-refractivity contribution in [2.75, 3.05) is 0 Å². The Balaban J connectivity index is 2.08. The van der Waals surface area contributed by atoms with Crippen molar-refractivity contribution in [2.45, 2.75) is 19.3 Å². The van der Waals surface area contributed by atoms with Gasteiger partial charge in [-0.05, 0) is 30.7 Å². The van der Waals surface area contributed by atoms with Crippen LogP contribution in [0.4, 0.5) is 0 Å². The second kappa shape index (κ2) is 5.46. The van der Waals surface area contributed by atoms with Gasteiger partial charge < -0.3 is 4.52 Å². The van der Waals surface area contributed by atoms with Crippen LogP contribution in [-0.4, -0.2) is 10.1 Å². The molecule has 0 bridgehead atoms. The van der Waals surface area contributed by atoms with E-state index in [1.807, 2.05) is 12.1 Å². The molecule has 0 aliphatic rings. The second-order valence-corrected chi connectivity index (χ2v) is 3.97. The number of halogens is 1. The number of aromatic nitrogens is 2. The minimum Gasteiger partial charge on any atom is -0.339 e. The smallest absolute Gasteiger partial charge is 0.226 e. The lowest BCUT2D eigenvalue weighted by Crippen LogP contribution is -1.85. The van der Waals surface area contributed by atoms with Gasteiger partial charge in [-0.3, -0.25) is 0 Å². The van der Waals surface area contributed by atoms with Crippen LogP contribution in [0.5, 0.6) is 0 Å². The molecule has 4 nitrogen and oxygen atoms in total. The zero-order chi connectivity index (χ0) is 12.1. The molecule has 0 spiro atoms. The van der Waals surface area contributed by atoms with Crippen LogP contribution in [0.1, 0.15) is 18.7 Å². The summed E-state index contributed by atoms with van der Waals surface area (Å²) >= 11 is 5.79. The summed E-state index contributed by atoms with van der Waals surface area (Å²) in [4.78, 5) is 4.25. The molecular weight excluding hydrogens is 238 g/mol. The molecule has 0 saturated heterocycles. The van der Waals surface area contributed by atoms with Gasteiger partial charge >= 0.3 is 0 Å². The molecule has 5 heteroatoms. The average molecular weight is 248 g/mol. The van der Waals surface area contributed by atoms with E-state index in [4.69, 9.17) is 21.4 Å². The van der Waals surface area contributed by atoms with E-state index in [2.05, 4.69) is 16.2 Å². The molecule has 0 amide bonds. The fourth-order valence-electron chi connectivity index (χ4n) is 1.39. The van der Waals surface area contributed by atoms with Crippen LogP contribution in [0.25, 0.3) is 11.4 Å². The first-order chi connectivity index (χ1) is 8.29. The highest BCUT2D eigenvalue weighted by molar-refractivity contribution is 6.30. The highest BCUT2D eigenvalue weighted by Gasteiger charge is 2.07. The molecule has 0 saturated carbocycles. The minimum atomic E-state index is 0.499. The van der Waals surface area contributed by atoms with Crippen molar-refractivity contribution in [2.24, 2.45) is 0 Å². The Bertz CT molecular complexity index is 527. The summed E-state index contributed by atoms with van der Waals surface area (Å²) in [6.45, 7) is 0. The molecule has 0 N–H and O–H groups in total. The molecule has 2 aromatic rings. The van der Waals surface area contributed by atoms with Gasteiger partial charge in [-0.15, -0.1) is 0 Å². The first kappa shape index (κ1) is 11.6. The lowest BCUT2D eigenvalue weighted by molar-refractivity contribution is 0.376. The summed E-state index contributed by atoms with van der Waals surface area (Å²) in [6, 6.07) is 9.32. The van der Waals surface area contributed by atoms with Gasteiger partial charge in [-0.1, -0.05) is 16.8 Å². The zero-order valence-electron chi connectivity index (χ0n) is 9.06. The Morgan fingerprint density at radius 1 is 1.29 bits per heavy atom. The molecule has 0 aliphatic heterocycles. The van der Waals surface area contributed by atoms with Gasteiger partial charge in [0.15, 0.2) is 0 Å². The highest BCUT2D eigenvalue weighted by atomic mass is 35.5. The fraction of sp³-hybridized carbons (Fsp3) is 0.250. The van der Waals surface area contributed by atoms with Crippen LogP contribution in [0.3, 0.4) is 0 Å². The maximum absolute atomic E-state index is 8.42. The Labute approximate surface area is 104 Å². The van der Waals surface area contributed by atoms with E-state index in [0.29, 0.717) is 29.6 Å². The van der Waals surface area contributed by atoms with Gasteiger partial charge in [0.25, 0.3) is 0 Å². The first-order valence-corrected chi connectivity index (χ1v) is 5.63. The molecule has 17 heavy (non-hydrogen) atoms. The predicted molar refractivity (Wildman–Crippen MR) is 63.3 cm³/mol. The molecule has 0 fully saturated rings. The Morgan fingerprint density at radius 3 is 2.76 bits per heavy atom. The van der Waals surface area contributed by atoms with E-state index < -0.39 is 0 Å². The fourth-order valence-corrected chi connectivity index (χ4v) is 1.52. The normalized spacial score (nSPS) is 10.1. The van der Waals surface area contributed by atoms with Crippen LogP contribution >= 0.6 is 11.6 Å². The van der Waals surface area contributed by atoms with E-state index in [9.17, 15) is 0 Å².